The molecule has 0 saturated carbocycles. The zero-order valence-electron chi connectivity index (χ0n) is 11.2. The van der Waals surface area contributed by atoms with Gasteiger partial charge >= 0.3 is 0 Å². The fourth-order valence-electron chi connectivity index (χ4n) is 1.57. The first-order chi connectivity index (χ1) is 9.45. The molecule has 0 atom stereocenters. The molecule has 0 fully saturated rings. The number of halogens is 2. The van der Waals surface area contributed by atoms with Gasteiger partial charge in [0.25, 0.3) is 0 Å². The third-order valence-electron chi connectivity index (χ3n) is 2.43. The number of aromatic nitrogens is 1. The number of pyridine rings is 1. The molecular formula is C14H15BrClN3O. The topological polar surface area (TPSA) is 60.2 Å². The van der Waals surface area contributed by atoms with Crippen LogP contribution >= 0.6 is 27.5 Å². The van der Waals surface area contributed by atoms with Crippen molar-refractivity contribution in [2.45, 2.75) is 20.0 Å². The molecule has 3 N–H and O–H groups in total. The highest BCUT2D eigenvalue weighted by Crippen LogP contribution is 2.29. The van der Waals surface area contributed by atoms with E-state index in [1.807, 2.05) is 32.0 Å². The van der Waals surface area contributed by atoms with Crippen LogP contribution in [0.1, 0.15) is 13.8 Å². The van der Waals surface area contributed by atoms with Crippen LogP contribution in [-0.2, 0) is 0 Å². The lowest BCUT2D eigenvalue weighted by Crippen LogP contribution is -2.09. The summed E-state index contributed by atoms with van der Waals surface area (Å²) < 4.78 is 6.47. The van der Waals surface area contributed by atoms with Gasteiger partial charge in [-0.25, -0.2) is 0 Å². The van der Waals surface area contributed by atoms with Gasteiger partial charge in [-0.2, -0.15) is 4.98 Å². The van der Waals surface area contributed by atoms with Crippen LogP contribution in [-0.4, -0.2) is 11.1 Å². The number of rotatable bonds is 4. The summed E-state index contributed by atoms with van der Waals surface area (Å²) in [5.41, 5.74) is 7.11. The molecule has 0 amide bonds. The van der Waals surface area contributed by atoms with Crippen molar-refractivity contribution in [1.82, 2.24) is 4.98 Å². The highest BCUT2D eigenvalue weighted by molar-refractivity contribution is 9.10. The number of nitrogens with one attached hydrogen (secondary N) is 1. The van der Waals surface area contributed by atoms with E-state index in [2.05, 4.69) is 26.2 Å². The van der Waals surface area contributed by atoms with Crippen molar-refractivity contribution in [2.75, 3.05) is 11.1 Å². The van der Waals surface area contributed by atoms with E-state index in [-0.39, 0.29) is 6.10 Å². The summed E-state index contributed by atoms with van der Waals surface area (Å²) >= 11 is 9.52. The van der Waals surface area contributed by atoms with Crippen molar-refractivity contribution in [2.24, 2.45) is 0 Å². The van der Waals surface area contributed by atoms with Crippen molar-refractivity contribution < 1.29 is 4.74 Å². The molecule has 0 aliphatic rings. The smallest absolute Gasteiger partial charge is 0.239 e. The lowest BCUT2D eigenvalue weighted by atomic mass is 10.3. The Kier molecular flexibility index (Phi) is 4.73. The molecule has 1 heterocycles. The van der Waals surface area contributed by atoms with E-state index in [1.165, 1.54) is 0 Å². The fraction of sp³-hybridized carbons (Fsp3) is 0.214. The number of hydrogen-bond donors (Lipinski definition) is 2. The standard InChI is InChI=1S/C14H15BrClN3O/c1-8(2)20-14-11(17)4-6-13(19-14)18-12-5-3-9(15)7-10(12)16/h3-8H,17H2,1-2H3,(H,18,19). The summed E-state index contributed by atoms with van der Waals surface area (Å²) in [5, 5.41) is 3.74. The van der Waals surface area contributed by atoms with E-state index in [4.69, 9.17) is 22.1 Å². The third-order valence-corrected chi connectivity index (χ3v) is 3.24. The SMILES string of the molecule is CC(C)Oc1nc(Nc2ccc(Br)cc2Cl)ccc1N. The monoisotopic (exact) mass is 355 g/mol. The van der Waals surface area contributed by atoms with Gasteiger partial charge in [-0.3, -0.25) is 0 Å². The number of ether oxygens (including phenoxy) is 1. The second kappa shape index (κ2) is 6.33. The van der Waals surface area contributed by atoms with Crippen molar-refractivity contribution in [3.8, 4) is 5.88 Å². The van der Waals surface area contributed by atoms with Gasteiger partial charge in [-0.15, -0.1) is 0 Å². The van der Waals surface area contributed by atoms with Crippen molar-refractivity contribution in [3.63, 3.8) is 0 Å². The molecule has 0 aliphatic heterocycles. The number of nitrogens with two attached hydrogens (primary N) is 1. The largest absolute Gasteiger partial charge is 0.473 e. The quantitative estimate of drug-likeness (QED) is 0.840. The van der Waals surface area contributed by atoms with Gasteiger partial charge in [-0.1, -0.05) is 27.5 Å². The van der Waals surface area contributed by atoms with Gasteiger partial charge in [0.05, 0.1) is 22.5 Å². The van der Waals surface area contributed by atoms with Crippen LogP contribution in [0.2, 0.25) is 5.02 Å². The Morgan fingerprint density at radius 1 is 1.30 bits per heavy atom. The predicted molar refractivity (Wildman–Crippen MR) is 86.8 cm³/mol. The highest BCUT2D eigenvalue weighted by Gasteiger charge is 2.08. The fourth-order valence-corrected chi connectivity index (χ4v) is 2.29. The van der Waals surface area contributed by atoms with E-state index in [0.29, 0.717) is 22.4 Å². The minimum atomic E-state index is 0.0105. The molecule has 2 aromatic rings. The van der Waals surface area contributed by atoms with Crippen LogP contribution < -0.4 is 15.8 Å². The Hall–Kier alpha value is -1.46. The first-order valence-electron chi connectivity index (χ1n) is 6.11. The minimum absolute atomic E-state index is 0.0105. The second-order valence-electron chi connectivity index (χ2n) is 4.51. The highest BCUT2D eigenvalue weighted by atomic mass is 79.9. The molecule has 1 aromatic carbocycles. The predicted octanol–water partition coefficient (Wildman–Crippen LogP) is 4.61. The number of benzene rings is 1. The number of nitrogen functional groups attached to an aromatic ring is 1. The molecule has 0 spiro atoms. The Bertz CT molecular complexity index is 619. The summed E-state index contributed by atoms with van der Waals surface area (Å²) in [5.74, 6) is 1.04. The van der Waals surface area contributed by atoms with E-state index >= 15 is 0 Å². The Labute approximate surface area is 131 Å². The Balaban J connectivity index is 2.25. The summed E-state index contributed by atoms with van der Waals surface area (Å²) in [6, 6.07) is 9.11. The maximum atomic E-state index is 6.16. The number of anilines is 3. The van der Waals surface area contributed by atoms with Gasteiger partial charge in [0, 0.05) is 4.47 Å². The first kappa shape index (κ1) is 14.9. The van der Waals surface area contributed by atoms with Gasteiger partial charge in [0.15, 0.2) is 0 Å². The lowest BCUT2D eigenvalue weighted by Gasteiger charge is -2.13. The van der Waals surface area contributed by atoms with Crippen LogP contribution in [0.25, 0.3) is 0 Å². The lowest BCUT2D eigenvalue weighted by molar-refractivity contribution is 0.234. The zero-order chi connectivity index (χ0) is 14.7. The summed E-state index contributed by atoms with van der Waals surface area (Å²) in [7, 11) is 0. The molecule has 0 saturated heterocycles. The molecule has 0 unspecified atom stereocenters. The van der Waals surface area contributed by atoms with E-state index < -0.39 is 0 Å². The van der Waals surface area contributed by atoms with Crippen LogP contribution in [0.15, 0.2) is 34.8 Å². The zero-order valence-corrected chi connectivity index (χ0v) is 13.5. The maximum Gasteiger partial charge on any atom is 0.239 e. The number of nitrogens with zero attached hydrogens (tertiary/aromatic N) is 1. The van der Waals surface area contributed by atoms with Crippen LogP contribution in [0.5, 0.6) is 5.88 Å². The molecule has 0 radical (unpaired) electrons. The summed E-state index contributed by atoms with van der Waals surface area (Å²) in [6.45, 7) is 3.85. The van der Waals surface area contributed by atoms with E-state index in [9.17, 15) is 0 Å². The molecule has 2 rings (SSSR count). The molecule has 4 nitrogen and oxygen atoms in total. The maximum absolute atomic E-state index is 6.16. The normalized spacial score (nSPS) is 10.7. The van der Waals surface area contributed by atoms with Gasteiger partial charge in [0.1, 0.15) is 5.82 Å². The molecule has 20 heavy (non-hydrogen) atoms. The molecule has 106 valence electrons. The van der Waals surface area contributed by atoms with Crippen LogP contribution in [0, 0.1) is 0 Å². The second-order valence-corrected chi connectivity index (χ2v) is 5.83. The Morgan fingerprint density at radius 3 is 2.70 bits per heavy atom. The molecule has 1 aromatic heterocycles. The average molecular weight is 357 g/mol. The third kappa shape index (κ3) is 3.77. The summed E-state index contributed by atoms with van der Waals surface area (Å²) in [4.78, 5) is 4.34. The minimum Gasteiger partial charge on any atom is -0.473 e. The average Bonchev–Trinajstić information content (AvgIpc) is 2.36. The molecular weight excluding hydrogens is 342 g/mol. The van der Waals surface area contributed by atoms with Crippen molar-refractivity contribution in [1.29, 1.82) is 0 Å². The van der Waals surface area contributed by atoms with E-state index in [1.54, 1.807) is 12.1 Å². The van der Waals surface area contributed by atoms with Gasteiger partial charge < -0.3 is 15.8 Å². The van der Waals surface area contributed by atoms with Gasteiger partial charge in [0.2, 0.25) is 5.88 Å². The first-order valence-corrected chi connectivity index (χ1v) is 7.28. The Morgan fingerprint density at radius 2 is 2.05 bits per heavy atom. The number of hydrogen-bond acceptors (Lipinski definition) is 4. The summed E-state index contributed by atoms with van der Waals surface area (Å²) in [6.07, 6.45) is 0.0105. The van der Waals surface area contributed by atoms with Crippen LogP contribution in [0.3, 0.4) is 0 Å². The molecule has 0 aliphatic carbocycles. The van der Waals surface area contributed by atoms with Gasteiger partial charge in [-0.05, 0) is 44.2 Å². The van der Waals surface area contributed by atoms with Crippen LogP contribution in [0.4, 0.5) is 17.2 Å². The molecule has 6 heteroatoms. The van der Waals surface area contributed by atoms with E-state index in [0.717, 1.165) is 10.2 Å². The van der Waals surface area contributed by atoms with Crippen molar-refractivity contribution >= 4 is 44.7 Å². The van der Waals surface area contributed by atoms with Crippen molar-refractivity contribution in [3.05, 3.63) is 39.8 Å². The molecule has 0 bridgehead atoms.